The molecule has 174 valence electrons. The number of methoxy groups -OCH3 is 1. The van der Waals surface area contributed by atoms with E-state index in [9.17, 15) is 14.7 Å². The molecule has 1 atom stereocenters. The molecule has 2 aliphatic rings. The van der Waals surface area contributed by atoms with Crippen LogP contribution in [0.3, 0.4) is 0 Å². The predicted molar refractivity (Wildman–Crippen MR) is 125 cm³/mol. The Labute approximate surface area is 194 Å². The lowest BCUT2D eigenvalue weighted by atomic mass is 9.93. The van der Waals surface area contributed by atoms with Crippen LogP contribution in [0.15, 0.2) is 48.0 Å². The Hall–Kier alpha value is -3.16. The van der Waals surface area contributed by atoms with Crippen molar-refractivity contribution in [2.45, 2.75) is 19.9 Å². The van der Waals surface area contributed by atoms with Gasteiger partial charge < -0.3 is 19.5 Å². The number of ketones is 1. The van der Waals surface area contributed by atoms with Crippen molar-refractivity contribution in [3.05, 3.63) is 70.3 Å². The molecule has 1 amide bonds. The van der Waals surface area contributed by atoms with E-state index < -0.39 is 17.7 Å². The summed E-state index contributed by atoms with van der Waals surface area (Å²) in [4.78, 5) is 30.1. The van der Waals surface area contributed by atoms with Gasteiger partial charge in [0.2, 0.25) is 0 Å². The molecular weight excluding hydrogens is 420 g/mol. The van der Waals surface area contributed by atoms with Crippen molar-refractivity contribution < 1.29 is 24.2 Å². The van der Waals surface area contributed by atoms with Gasteiger partial charge in [0, 0.05) is 31.7 Å². The first-order chi connectivity index (χ1) is 15.9. The molecule has 2 saturated heterocycles. The molecule has 2 aliphatic heterocycles. The molecule has 7 heteroatoms. The number of aliphatic hydroxyl groups is 1. The van der Waals surface area contributed by atoms with E-state index in [4.69, 9.17) is 9.47 Å². The molecule has 2 heterocycles. The number of carbonyl (C=O) groups excluding carboxylic acids is 2. The lowest BCUT2D eigenvalue weighted by molar-refractivity contribution is -0.140. The fraction of sp³-hybridized carbons (Fsp3) is 0.385. The number of likely N-dealkylation sites (tertiary alicyclic amines) is 1. The van der Waals surface area contributed by atoms with Gasteiger partial charge in [0.1, 0.15) is 11.5 Å². The molecule has 2 aromatic carbocycles. The van der Waals surface area contributed by atoms with Crippen molar-refractivity contribution in [1.29, 1.82) is 0 Å². The smallest absolute Gasteiger partial charge is 0.295 e. The third kappa shape index (κ3) is 4.65. The average Bonchev–Trinajstić information content (AvgIpc) is 3.08. The summed E-state index contributed by atoms with van der Waals surface area (Å²) in [5.41, 5.74) is 3.27. The van der Waals surface area contributed by atoms with Gasteiger partial charge in [-0.15, -0.1) is 0 Å². The highest BCUT2D eigenvalue weighted by Gasteiger charge is 2.46. The molecule has 4 rings (SSSR count). The van der Waals surface area contributed by atoms with Gasteiger partial charge in [0.15, 0.2) is 0 Å². The van der Waals surface area contributed by atoms with Gasteiger partial charge in [-0.1, -0.05) is 29.8 Å². The van der Waals surface area contributed by atoms with Crippen LogP contribution in [0.2, 0.25) is 0 Å². The van der Waals surface area contributed by atoms with Gasteiger partial charge in [0.25, 0.3) is 11.7 Å². The standard InChI is InChI=1S/C26H30N2O5/c1-17-4-6-19(7-5-17)23-22(24(29)21-9-8-20(32-3)16-18(21)2)25(30)26(31)28(23)11-10-27-12-14-33-15-13-27/h4-9,16,23,29H,10-15H2,1-3H3/t23-/m0/s1. The quantitative estimate of drug-likeness (QED) is 0.414. The molecule has 0 unspecified atom stereocenters. The Morgan fingerprint density at radius 2 is 1.76 bits per heavy atom. The number of aliphatic hydroxyl groups excluding tert-OH is 1. The van der Waals surface area contributed by atoms with E-state index >= 15 is 0 Å². The van der Waals surface area contributed by atoms with Crippen LogP contribution in [0.5, 0.6) is 5.75 Å². The molecule has 2 fully saturated rings. The molecule has 1 N–H and O–H groups in total. The van der Waals surface area contributed by atoms with Gasteiger partial charge in [-0.3, -0.25) is 14.5 Å². The summed E-state index contributed by atoms with van der Waals surface area (Å²) in [7, 11) is 1.58. The molecule has 0 saturated carbocycles. The molecule has 7 nitrogen and oxygen atoms in total. The van der Waals surface area contributed by atoms with Gasteiger partial charge in [0.05, 0.1) is 31.9 Å². The normalized spacial score (nSPS) is 20.9. The number of aryl methyl sites for hydroxylation is 2. The van der Waals surface area contributed by atoms with Crippen molar-refractivity contribution >= 4 is 17.4 Å². The number of nitrogens with zero attached hydrogens (tertiary/aromatic N) is 2. The first-order valence-electron chi connectivity index (χ1n) is 11.2. The van der Waals surface area contributed by atoms with Crippen molar-refractivity contribution in [3.8, 4) is 5.75 Å². The Morgan fingerprint density at radius 1 is 1.06 bits per heavy atom. The maximum absolute atomic E-state index is 13.2. The van der Waals surface area contributed by atoms with Crippen molar-refractivity contribution in [2.24, 2.45) is 0 Å². The zero-order valence-corrected chi connectivity index (χ0v) is 19.3. The third-order valence-corrected chi connectivity index (χ3v) is 6.38. The van der Waals surface area contributed by atoms with Crippen LogP contribution in [0.1, 0.15) is 28.3 Å². The molecule has 2 aromatic rings. The molecule has 33 heavy (non-hydrogen) atoms. The lowest BCUT2D eigenvalue weighted by Crippen LogP contribution is -2.42. The fourth-order valence-corrected chi connectivity index (χ4v) is 4.45. The highest BCUT2D eigenvalue weighted by molar-refractivity contribution is 6.46. The molecule has 0 spiro atoms. The lowest BCUT2D eigenvalue weighted by Gasteiger charge is -2.31. The Morgan fingerprint density at radius 3 is 2.39 bits per heavy atom. The maximum atomic E-state index is 13.2. The summed E-state index contributed by atoms with van der Waals surface area (Å²) in [6.07, 6.45) is 0. The van der Waals surface area contributed by atoms with Crippen molar-refractivity contribution in [3.63, 3.8) is 0 Å². The van der Waals surface area contributed by atoms with Gasteiger partial charge in [-0.25, -0.2) is 0 Å². The van der Waals surface area contributed by atoms with E-state index in [1.807, 2.05) is 38.1 Å². The van der Waals surface area contributed by atoms with Crippen LogP contribution in [-0.2, 0) is 14.3 Å². The highest BCUT2D eigenvalue weighted by Crippen LogP contribution is 2.40. The van der Waals surface area contributed by atoms with Crippen LogP contribution in [0.4, 0.5) is 0 Å². The summed E-state index contributed by atoms with van der Waals surface area (Å²) < 4.78 is 10.7. The topological polar surface area (TPSA) is 79.3 Å². The second kappa shape index (κ2) is 9.77. The van der Waals surface area contributed by atoms with E-state index in [1.54, 1.807) is 30.2 Å². The number of carbonyl (C=O) groups is 2. The van der Waals surface area contributed by atoms with Gasteiger partial charge >= 0.3 is 0 Å². The van der Waals surface area contributed by atoms with E-state index in [-0.39, 0.29) is 11.3 Å². The number of amides is 1. The first kappa shape index (κ1) is 23.0. The second-order valence-corrected chi connectivity index (χ2v) is 8.54. The second-order valence-electron chi connectivity index (χ2n) is 8.54. The summed E-state index contributed by atoms with van der Waals surface area (Å²) in [5.74, 6) is -0.741. The van der Waals surface area contributed by atoms with Gasteiger partial charge in [-0.05, 0) is 43.2 Å². The molecule has 0 radical (unpaired) electrons. The van der Waals surface area contributed by atoms with Crippen LogP contribution in [-0.4, -0.2) is 73.1 Å². The SMILES string of the molecule is COc1ccc(C(O)=C2C(=O)C(=O)N(CCN3CCOCC3)[C@H]2c2ccc(C)cc2)c(C)c1. The van der Waals surface area contributed by atoms with Crippen molar-refractivity contribution in [2.75, 3.05) is 46.5 Å². The van der Waals surface area contributed by atoms with Crippen LogP contribution < -0.4 is 4.74 Å². The molecule has 0 aromatic heterocycles. The van der Waals surface area contributed by atoms with E-state index in [1.165, 1.54) is 0 Å². The number of morpholine rings is 1. The molecule has 0 bridgehead atoms. The average molecular weight is 451 g/mol. The largest absolute Gasteiger partial charge is 0.507 e. The minimum Gasteiger partial charge on any atom is -0.507 e. The Bertz CT molecular complexity index is 1070. The zero-order chi connectivity index (χ0) is 23.5. The summed E-state index contributed by atoms with van der Waals surface area (Å²) in [6, 6.07) is 12.3. The zero-order valence-electron chi connectivity index (χ0n) is 19.3. The number of rotatable bonds is 6. The first-order valence-corrected chi connectivity index (χ1v) is 11.2. The fourth-order valence-electron chi connectivity index (χ4n) is 4.45. The Balaban J connectivity index is 1.75. The highest BCUT2D eigenvalue weighted by atomic mass is 16.5. The van der Waals surface area contributed by atoms with Crippen molar-refractivity contribution in [1.82, 2.24) is 9.80 Å². The minimum atomic E-state index is -0.657. The summed E-state index contributed by atoms with van der Waals surface area (Å²) >= 11 is 0. The molecular formula is C26H30N2O5. The van der Waals surface area contributed by atoms with Crippen LogP contribution in [0, 0.1) is 13.8 Å². The summed E-state index contributed by atoms with van der Waals surface area (Å²) in [5, 5.41) is 11.3. The number of Topliss-reactive ketones (excluding diaryl/α,β-unsaturated/α-hetero) is 1. The monoisotopic (exact) mass is 450 g/mol. The predicted octanol–water partition coefficient (Wildman–Crippen LogP) is 3.07. The number of hydrogen-bond donors (Lipinski definition) is 1. The number of ether oxygens (including phenoxy) is 2. The molecule has 0 aliphatic carbocycles. The van der Waals surface area contributed by atoms with E-state index in [2.05, 4.69) is 4.90 Å². The summed E-state index contributed by atoms with van der Waals surface area (Å²) in [6.45, 7) is 7.77. The maximum Gasteiger partial charge on any atom is 0.295 e. The van der Waals surface area contributed by atoms with E-state index in [0.717, 1.165) is 29.8 Å². The van der Waals surface area contributed by atoms with Crippen LogP contribution in [0.25, 0.3) is 5.76 Å². The number of hydrogen-bond acceptors (Lipinski definition) is 6. The number of benzene rings is 2. The Kier molecular flexibility index (Phi) is 6.81. The third-order valence-electron chi connectivity index (χ3n) is 6.38. The minimum absolute atomic E-state index is 0.124. The van der Waals surface area contributed by atoms with E-state index in [0.29, 0.717) is 37.6 Å². The van der Waals surface area contributed by atoms with Crippen LogP contribution >= 0.6 is 0 Å². The van der Waals surface area contributed by atoms with Gasteiger partial charge in [-0.2, -0.15) is 0 Å².